The highest BCUT2D eigenvalue weighted by atomic mass is 16.5. The largest absolute Gasteiger partial charge is 0.497 e. The van der Waals surface area contributed by atoms with Gasteiger partial charge in [-0.2, -0.15) is 0 Å². The lowest BCUT2D eigenvalue weighted by Gasteiger charge is -2.32. The van der Waals surface area contributed by atoms with E-state index in [1.165, 1.54) is 0 Å². The van der Waals surface area contributed by atoms with Crippen molar-refractivity contribution in [3.63, 3.8) is 0 Å². The van der Waals surface area contributed by atoms with E-state index in [1.54, 1.807) is 12.0 Å². The molecule has 1 N–H and O–H groups in total. The molecule has 1 aliphatic rings. The summed E-state index contributed by atoms with van der Waals surface area (Å²) in [5.41, 5.74) is 2.10. The van der Waals surface area contributed by atoms with Crippen molar-refractivity contribution in [3.05, 3.63) is 59.7 Å². The van der Waals surface area contributed by atoms with E-state index in [2.05, 4.69) is 5.32 Å². The average Bonchev–Trinajstić information content (AvgIpc) is 2.74. The molecule has 29 heavy (non-hydrogen) atoms. The number of aryl methyl sites for hydroxylation is 1. The van der Waals surface area contributed by atoms with Crippen LogP contribution in [0.15, 0.2) is 48.5 Å². The smallest absolute Gasteiger partial charge is 0.260 e. The van der Waals surface area contributed by atoms with E-state index in [0.29, 0.717) is 25.3 Å². The van der Waals surface area contributed by atoms with Gasteiger partial charge < -0.3 is 19.7 Å². The van der Waals surface area contributed by atoms with E-state index < -0.39 is 0 Å². The van der Waals surface area contributed by atoms with Crippen LogP contribution in [0.3, 0.4) is 0 Å². The fourth-order valence-electron chi connectivity index (χ4n) is 3.35. The molecule has 0 saturated carbocycles. The number of likely N-dealkylation sites (tertiary alicyclic amines) is 1. The van der Waals surface area contributed by atoms with Crippen molar-refractivity contribution < 1.29 is 19.1 Å². The number of nitrogens with one attached hydrogen (secondary N) is 1. The standard InChI is InChI=1S/C23H28N2O4/c1-17-3-7-21(8-4-17)29-16-23(27)25-13-11-19(12-14-25)24-22(26)15-18-5-9-20(28-2)10-6-18/h3-10,19H,11-16H2,1-2H3,(H,24,26). The molecule has 0 unspecified atom stereocenters. The minimum atomic E-state index is -0.0198. The van der Waals surface area contributed by atoms with Gasteiger partial charge in [-0.1, -0.05) is 29.8 Å². The van der Waals surface area contributed by atoms with Crippen molar-refractivity contribution in [3.8, 4) is 11.5 Å². The van der Waals surface area contributed by atoms with E-state index in [9.17, 15) is 9.59 Å². The first-order valence-electron chi connectivity index (χ1n) is 9.93. The normalized spacial score (nSPS) is 14.3. The molecule has 0 radical (unpaired) electrons. The summed E-state index contributed by atoms with van der Waals surface area (Å²) < 4.78 is 10.7. The fourth-order valence-corrected chi connectivity index (χ4v) is 3.35. The van der Waals surface area contributed by atoms with Crippen molar-refractivity contribution in [2.45, 2.75) is 32.2 Å². The van der Waals surface area contributed by atoms with Gasteiger partial charge in [0.05, 0.1) is 13.5 Å². The lowest BCUT2D eigenvalue weighted by molar-refractivity contribution is -0.134. The summed E-state index contributed by atoms with van der Waals surface area (Å²) >= 11 is 0. The summed E-state index contributed by atoms with van der Waals surface area (Å²) in [6.07, 6.45) is 1.85. The number of hydrogen-bond acceptors (Lipinski definition) is 4. The Morgan fingerprint density at radius 2 is 1.62 bits per heavy atom. The molecule has 1 aliphatic heterocycles. The van der Waals surface area contributed by atoms with E-state index in [0.717, 1.165) is 29.7 Å². The molecule has 0 aromatic heterocycles. The maximum absolute atomic E-state index is 12.4. The molecule has 0 aliphatic carbocycles. The van der Waals surface area contributed by atoms with Gasteiger partial charge in [0.2, 0.25) is 5.91 Å². The molecule has 3 rings (SSSR count). The van der Waals surface area contributed by atoms with Crippen molar-refractivity contribution in [1.82, 2.24) is 10.2 Å². The predicted molar refractivity (Wildman–Crippen MR) is 111 cm³/mol. The second-order valence-electron chi connectivity index (χ2n) is 7.35. The highest BCUT2D eigenvalue weighted by Gasteiger charge is 2.24. The summed E-state index contributed by atoms with van der Waals surface area (Å²) in [5.74, 6) is 1.46. The van der Waals surface area contributed by atoms with Gasteiger partial charge in [0.1, 0.15) is 11.5 Å². The quantitative estimate of drug-likeness (QED) is 0.781. The van der Waals surface area contributed by atoms with Crippen LogP contribution in [-0.2, 0) is 16.0 Å². The highest BCUT2D eigenvalue weighted by molar-refractivity contribution is 5.79. The fraction of sp³-hybridized carbons (Fsp3) is 0.391. The summed E-state index contributed by atoms with van der Waals surface area (Å²) in [6, 6.07) is 15.3. The number of benzene rings is 2. The first-order chi connectivity index (χ1) is 14.0. The van der Waals surface area contributed by atoms with Gasteiger partial charge >= 0.3 is 0 Å². The molecular formula is C23H28N2O4. The molecule has 1 fully saturated rings. The van der Waals surface area contributed by atoms with Gasteiger partial charge in [-0.3, -0.25) is 9.59 Å². The molecule has 6 nitrogen and oxygen atoms in total. The molecule has 0 spiro atoms. The number of ether oxygens (including phenoxy) is 2. The first-order valence-corrected chi connectivity index (χ1v) is 9.93. The molecule has 2 aromatic carbocycles. The van der Waals surface area contributed by atoms with Crippen LogP contribution in [0.4, 0.5) is 0 Å². The molecule has 2 amide bonds. The molecule has 154 valence electrons. The van der Waals surface area contributed by atoms with E-state index in [1.807, 2.05) is 55.5 Å². The molecule has 2 aromatic rings. The van der Waals surface area contributed by atoms with E-state index in [4.69, 9.17) is 9.47 Å². The van der Waals surface area contributed by atoms with Gasteiger partial charge in [-0.25, -0.2) is 0 Å². The number of amides is 2. The molecule has 1 saturated heterocycles. The van der Waals surface area contributed by atoms with Crippen LogP contribution in [0.1, 0.15) is 24.0 Å². The van der Waals surface area contributed by atoms with Crippen LogP contribution >= 0.6 is 0 Å². The van der Waals surface area contributed by atoms with Crippen LogP contribution < -0.4 is 14.8 Å². The number of carbonyl (C=O) groups excluding carboxylic acids is 2. The molecule has 6 heteroatoms. The van der Waals surface area contributed by atoms with Gasteiger partial charge in [0, 0.05) is 19.1 Å². The summed E-state index contributed by atoms with van der Waals surface area (Å²) in [5, 5.41) is 3.08. The monoisotopic (exact) mass is 396 g/mol. The Morgan fingerprint density at radius 1 is 1.00 bits per heavy atom. The van der Waals surface area contributed by atoms with Crippen LogP contribution in [-0.4, -0.2) is 49.6 Å². The van der Waals surface area contributed by atoms with E-state index in [-0.39, 0.29) is 24.5 Å². The Hall–Kier alpha value is -3.02. The molecule has 1 heterocycles. The van der Waals surface area contributed by atoms with E-state index >= 15 is 0 Å². The van der Waals surface area contributed by atoms with Crippen LogP contribution in [0, 0.1) is 6.92 Å². The van der Waals surface area contributed by atoms with Crippen molar-refractivity contribution in [2.75, 3.05) is 26.8 Å². The van der Waals surface area contributed by atoms with Crippen molar-refractivity contribution in [1.29, 1.82) is 0 Å². The Morgan fingerprint density at radius 3 is 2.24 bits per heavy atom. The van der Waals surface area contributed by atoms with Crippen LogP contribution in [0.2, 0.25) is 0 Å². The molecular weight excluding hydrogens is 368 g/mol. The number of piperidine rings is 1. The Balaban J connectivity index is 1.38. The van der Waals surface area contributed by atoms with Crippen LogP contribution in [0.25, 0.3) is 0 Å². The Labute approximate surface area is 171 Å². The maximum Gasteiger partial charge on any atom is 0.260 e. The second kappa shape index (κ2) is 9.96. The summed E-state index contributed by atoms with van der Waals surface area (Å²) in [6.45, 7) is 3.31. The van der Waals surface area contributed by atoms with Crippen LogP contribution in [0.5, 0.6) is 11.5 Å². The van der Waals surface area contributed by atoms with Crippen molar-refractivity contribution in [2.24, 2.45) is 0 Å². The minimum Gasteiger partial charge on any atom is -0.497 e. The van der Waals surface area contributed by atoms with Gasteiger partial charge in [-0.05, 0) is 49.6 Å². The molecule has 0 bridgehead atoms. The van der Waals surface area contributed by atoms with Gasteiger partial charge in [0.25, 0.3) is 5.91 Å². The second-order valence-corrected chi connectivity index (χ2v) is 7.35. The third-order valence-corrected chi connectivity index (χ3v) is 5.12. The SMILES string of the molecule is COc1ccc(CC(=O)NC2CCN(C(=O)COc3ccc(C)cc3)CC2)cc1. The topological polar surface area (TPSA) is 67.9 Å². The number of nitrogens with zero attached hydrogens (tertiary/aromatic N) is 1. The third kappa shape index (κ3) is 6.24. The zero-order valence-electron chi connectivity index (χ0n) is 17.0. The van der Waals surface area contributed by atoms with Gasteiger partial charge in [0.15, 0.2) is 6.61 Å². The lowest BCUT2D eigenvalue weighted by Crippen LogP contribution is -2.48. The number of methoxy groups -OCH3 is 1. The average molecular weight is 396 g/mol. The zero-order chi connectivity index (χ0) is 20.6. The number of carbonyl (C=O) groups is 2. The third-order valence-electron chi connectivity index (χ3n) is 5.12. The number of hydrogen-bond donors (Lipinski definition) is 1. The highest BCUT2D eigenvalue weighted by Crippen LogP contribution is 2.15. The summed E-state index contributed by atoms with van der Waals surface area (Å²) in [7, 11) is 1.62. The minimum absolute atomic E-state index is 0.00245. The number of rotatable bonds is 7. The lowest BCUT2D eigenvalue weighted by atomic mass is 10.0. The predicted octanol–water partition coefficient (Wildman–Crippen LogP) is 2.73. The maximum atomic E-state index is 12.4. The van der Waals surface area contributed by atoms with Gasteiger partial charge in [-0.15, -0.1) is 0 Å². The Kier molecular flexibility index (Phi) is 7.11. The summed E-state index contributed by atoms with van der Waals surface area (Å²) in [4.78, 5) is 26.5. The molecule has 0 atom stereocenters. The first kappa shape index (κ1) is 20.7. The van der Waals surface area contributed by atoms with Crippen molar-refractivity contribution >= 4 is 11.8 Å². The Bertz CT molecular complexity index is 810. The zero-order valence-corrected chi connectivity index (χ0v) is 17.0.